The second-order valence-electron chi connectivity index (χ2n) is 21.8. The predicted octanol–water partition coefficient (Wildman–Crippen LogP) is 21.4. The van der Waals surface area contributed by atoms with Crippen LogP contribution in [-0.4, -0.2) is 19.9 Å². The fourth-order valence-electron chi connectivity index (χ4n) is 11.9. The number of furan rings is 2. The lowest BCUT2D eigenvalue weighted by atomic mass is 9.94. The van der Waals surface area contributed by atoms with Crippen LogP contribution in [0.2, 0.25) is 0 Å². The maximum atomic E-state index is 6.76. The molecule has 0 atom stereocenters. The average molecular weight is 1100 g/mol. The molecule has 0 aliphatic rings. The molecule has 0 aliphatic heterocycles. The monoisotopic (exact) mass is 1100 g/mol. The molecule has 86 heavy (non-hydrogen) atoms. The molecule has 0 aliphatic carbocycles. The van der Waals surface area contributed by atoms with E-state index in [0.717, 1.165) is 145 Å². The summed E-state index contributed by atoms with van der Waals surface area (Å²) in [6.45, 7) is 0. The van der Waals surface area contributed by atoms with Gasteiger partial charge >= 0.3 is 0 Å². The average Bonchev–Trinajstić information content (AvgIpc) is 2.74. The molecule has 6 heteroatoms. The van der Waals surface area contributed by atoms with Crippen LogP contribution in [0.4, 0.5) is 0 Å². The number of rotatable bonds is 11. The third kappa shape index (κ3) is 9.57. The molecular weight excluding hydrogens is 1050 g/mol. The Morgan fingerprint density at radius 2 is 0.453 bits per heavy atom. The molecule has 0 bridgehead atoms. The van der Waals surface area contributed by atoms with Gasteiger partial charge in [0.15, 0.2) is 11.6 Å². The van der Waals surface area contributed by atoms with Crippen molar-refractivity contribution in [1.29, 1.82) is 0 Å². The summed E-state index contributed by atoms with van der Waals surface area (Å²) >= 11 is 0. The summed E-state index contributed by atoms with van der Waals surface area (Å²) in [5.74, 6) is 1.28. The van der Waals surface area contributed by atoms with Gasteiger partial charge in [0.05, 0.1) is 22.8 Å². The van der Waals surface area contributed by atoms with Gasteiger partial charge in [-0.25, -0.2) is 19.9 Å². The van der Waals surface area contributed by atoms with Gasteiger partial charge in [-0.05, 0) is 141 Å². The van der Waals surface area contributed by atoms with Gasteiger partial charge in [0.25, 0.3) is 0 Å². The summed E-state index contributed by atoms with van der Waals surface area (Å²) in [6, 6.07) is 106. The van der Waals surface area contributed by atoms with Crippen LogP contribution in [0.5, 0.6) is 0 Å². The van der Waals surface area contributed by atoms with Crippen LogP contribution >= 0.6 is 0 Å². The van der Waals surface area contributed by atoms with E-state index in [-0.39, 0.29) is 0 Å². The van der Waals surface area contributed by atoms with Crippen molar-refractivity contribution in [3.05, 3.63) is 303 Å². The van der Waals surface area contributed by atoms with E-state index in [1.54, 1.807) is 0 Å². The van der Waals surface area contributed by atoms with Crippen LogP contribution in [0.25, 0.3) is 167 Å². The van der Waals surface area contributed by atoms with Gasteiger partial charge in [-0.2, -0.15) is 0 Å². The summed E-state index contributed by atoms with van der Waals surface area (Å²) in [5, 5.41) is 4.26. The minimum atomic E-state index is 0.634. The Bertz CT molecular complexity index is 5210. The van der Waals surface area contributed by atoms with Crippen molar-refractivity contribution >= 4 is 43.9 Å². The number of fused-ring (bicyclic) bond motifs is 6. The highest BCUT2D eigenvalue weighted by molar-refractivity contribution is 6.08. The molecule has 4 heterocycles. The van der Waals surface area contributed by atoms with Gasteiger partial charge in [0.1, 0.15) is 22.3 Å². The minimum absolute atomic E-state index is 0.634. The third-order valence-corrected chi connectivity index (χ3v) is 16.3. The fraction of sp³-hybridized carbons (Fsp3) is 0. The van der Waals surface area contributed by atoms with E-state index in [0.29, 0.717) is 11.6 Å². The number of hydrogen-bond donors (Lipinski definition) is 0. The highest BCUT2D eigenvalue weighted by Gasteiger charge is 2.19. The first kappa shape index (κ1) is 50.2. The molecule has 0 amide bonds. The van der Waals surface area contributed by atoms with E-state index >= 15 is 0 Å². The largest absolute Gasteiger partial charge is 0.456 e. The number of nitrogens with zero attached hydrogens (tertiary/aromatic N) is 4. The quantitative estimate of drug-likeness (QED) is 0.128. The molecular formula is C80H50N4O2. The van der Waals surface area contributed by atoms with Crippen molar-refractivity contribution in [2.45, 2.75) is 0 Å². The van der Waals surface area contributed by atoms with Crippen molar-refractivity contribution in [2.75, 3.05) is 0 Å². The van der Waals surface area contributed by atoms with Crippen molar-refractivity contribution in [3.8, 4) is 123 Å². The van der Waals surface area contributed by atoms with Crippen molar-refractivity contribution in [2.24, 2.45) is 0 Å². The molecule has 4 aromatic heterocycles. The van der Waals surface area contributed by atoms with Crippen LogP contribution in [0.1, 0.15) is 0 Å². The molecule has 6 nitrogen and oxygen atoms in total. The molecule has 0 N–H and O–H groups in total. The minimum Gasteiger partial charge on any atom is -0.456 e. The van der Waals surface area contributed by atoms with Crippen molar-refractivity contribution in [3.63, 3.8) is 0 Å². The van der Waals surface area contributed by atoms with Gasteiger partial charge in [-0.15, -0.1) is 0 Å². The Morgan fingerprint density at radius 3 is 0.977 bits per heavy atom. The molecule has 0 spiro atoms. The molecule has 12 aromatic carbocycles. The molecule has 0 saturated carbocycles. The Morgan fingerprint density at radius 1 is 0.163 bits per heavy atom. The fourth-order valence-corrected chi connectivity index (χ4v) is 11.9. The highest BCUT2D eigenvalue weighted by Crippen LogP contribution is 2.40. The summed E-state index contributed by atoms with van der Waals surface area (Å²) in [6.07, 6.45) is 0. The summed E-state index contributed by atoms with van der Waals surface area (Å²) in [4.78, 5) is 21.1. The lowest BCUT2D eigenvalue weighted by molar-refractivity contribution is 0.668. The zero-order valence-corrected chi connectivity index (χ0v) is 46.5. The maximum Gasteiger partial charge on any atom is 0.160 e. The van der Waals surface area contributed by atoms with E-state index < -0.39 is 0 Å². The van der Waals surface area contributed by atoms with Crippen LogP contribution in [0.3, 0.4) is 0 Å². The number of para-hydroxylation sites is 1. The number of hydrogen-bond acceptors (Lipinski definition) is 6. The Labute approximate surface area is 496 Å². The molecule has 16 aromatic rings. The van der Waals surface area contributed by atoms with Crippen LogP contribution in [-0.2, 0) is 0 Å². The Hall–Kier alpha value is -11.6. The van der Waals surface area contributed by atoms with Crippen molar-refractivity contribution in [1.82, 2.24) is 19.9 Å². The highest BCUT2D eigenvalue weighted by atomic mass is 16.3. The van der Waals surface area contributed by atoms with Gasteiger partial charge in [-0.1, -0.05) is 218 Å². The molecule has 16 rings (SSSR count). The number of benzene rings is 12. The van der Waals surface area contributed by atoms with Gasteiger partial charge in [0.2, 0.25) is 0 Å². The Balaban J connectivity index is 0.730. The normalized spacial score (nSPS) is 11.5. The van der Waals surface area contributed by atoms with Crippen LogP contribution in [0, 0.1) is 0 Å². The molecule has 402 valence electrons. The van der Waals surface area contributed by atoms with Gasteiger partial charge in [0, 0.05) is 54.9 Å². The first-order valence-electron chi connectivity index (χ1n) is 28.9. The third-order valence-electron chi connectivity index (χ3n) is 16.3. The lowest BCUT2D eigenvalue weighted by Gasteiger charge is -2.13. The topological polar surface area (TPSA) is 77.8 Å². The molecule has 0 unspecified atom stereocenters. The first-order valence-corrected chi connectivity index (χ1v) is 28.9. The Kier molecular flexibility index (Phi) is 12.4. The summed E-state index contributed by atoms with van der Waals surface area (Å²) in [5.41, 5.74) is 23.4. The lowest BCUT2D eigenvalue weighted by Crippen LogP contribution is -1.97. The SMILES string of the molecule is c1ccc(-c2cccc(-c3cccc(-c4nc(-c5ccccc5)cc(-c5ccc6c(c5)oc5cc(-c7ccc(-c8cc(-c9ccccc9)cc(-c9nc(-c%10ccccc%10)cc(-c%10ccc%11c(c%10)oc%10ccccc%10%11)n9)c8)cc7)ccc56)n4)c3)c2)cc1. The van der Waals surface area contributed by atoms with Crippen LogP contribution in [0.15, 0.2) is 312 Å². The molecule has 0 saturated heterocycles. The zero-order chi connectivity index (χ0) is 56.9. The molecule has 0 radical (unpaired) electrons. The second kappa shape index (κ2) is 21.3. The van der Waals surface area contributed by atoms with Crippen molar-refractivity contribution < 1.29 is 8.83 Å². The zero-order valence-electron chi connectivity index (χ0n) is 46.5. The van der Waals surface area contributed by atoms with E-state index in [2.05, 4.69) is 243 Å². The maximum absolute atomic E-state index is 6.76. The van der Waals surface area contributed by atoms with E-state index in [9.17, 15) is 0 Å². The van der Waals surface area contributed by atoms with E-state index in [1.165, 1.54) is 11.1 Å². The first-order chi connectivity index (χ1) is 42.5. The van der Waals surface area contributed by atoms with E-state index in [4.69, 9.17) is 28.8 Å². The smallest absolute Gasteiger partial charge is 0.160 e. The van der Waals surface area contributed by atoms with Crippen LogP contribution < -0.4 is 0 Å². The summed E-state index contributed by atoms with van der Waals surface area (Å²) < 4.78 is 13.1. The molecule has 0 fully saturated rings. The van der Waals surface area contributed by atoms with E-state index in [1.807, 2.05) is 60.7 Å². The van der Waals surface area contributed by atoms with Gasteiger partial charge < -0.3 is 8.83 Å². The predicted molar refractivity (Wildman–Crippen MR) is 352 cm³/mol. The van der Waals surface area contributed by atoms with Gasteiger partial charge in [-0.3, -0.25) is 0 Å². The second-order valence-corrected chi connectivity index (χ2v) is 21.8. The summed E-state index contributed by atoms with van der Waals surface area (Å²) in [7, 11) is 0. The number of aromatic nitrogens is 4. The standard InChI is InChI=1S/C80H50N4O2/c1-5-17-51(18-6-1)57-25-15-26-58(41-57)59-27-16-28-63(42-59)79-81-71(55-21-9-3-10-22-55)49-73(83-79)62-37-40-70-69-38-35-60(46-76(69)86-78(70)48-62)53-31-33-54(34-32-53)65-43-64(52-19-7-2-8-20-52)44-66(45-65)80-82-72(56-23-11-4-12-24-56)50-74(84-80)61-36-39-68-67-29-13-14-30-75(67)85-77(68)47-61/h1-50H.